The van der Waals surface area contributed by atoms with Gasteiger partial charge in [-0.15, -0.1) is 0 Å². The lowest BCUT2D eigenvalue weighted by Crippen LogP contribution is -2.45. The Hall–Kier alpha value is -0.650. The van der Waals surface area contributed by atoms with E-state index in [1.807, 2.05) is 13.8 Å². The lowest BCUT2D eigenvalue weighted by atomic mass is 10.0. The van der Waals surface area contributed by atoms with Crippen LogP contribution >= 0.6 is 0 Å². The Bertz CT molecular complexity index is 255. The fourth-order valence-corrected chi connectivity index (χ4v) is 2.11. The van der Waals surface area contributed by atoms with Gasteiger partial charge in [-0.3, -0.25) is 4.79 Å². The summed E-state index contributed by atoms with van der Waals surface area (Å²) in [7, 11) is 0. The van der Waals surface area contributed by atoms with E-state index in [4.69, 9.17) is 19.9 Å². The molecule has 5 nitrogen and oxygen atoms in total. The number of carbonyl (C=O) groups is 1. The number of ether oxygens (including phenoxy) is 3. The third kappa shape index (κ3) is 5.02. The standard InChI is InChI=1S/C12H23NO4/c1-4-15-11(14)8-10-7-9(5-6-13)16-12(2,3)17-10/h9-10H,4-8,13H2,1-3H3. The lowest BCUT2D eigenvalue weighted by molar-refractivity contribution is -0.300. The van der Waals surface area contributed by atoms with Crippen LogP contribution in [0.5, 0.6) is 0 Å². The van der Waals surface area contributed by atoms with Gasteiger partial charge in [-0.05, 0) is 33.7 Å². The van der Waals surface area contributed by atoms with Crippen molar-refractivity contribution in [2.24, 2.45) is 5.73 Å². The minimum absolute atomic E-state index is 0.0585. The molecule has 100 valence electrons. The van der Waals surface area contributed by atoms with E-state index >= 15 is 0 Å². The Kier molecular flexibility index (Phi) is 5.36. The van der Waals surface area contributed by atoms with E-state index in [-0.39, 0.29) is 24.6 Å². The van der Waals surface area contributed by atoms with E-state index in [2.05, 4.69) is 0 Å². The molecule has 1 saturated heterocycles. The van der Waals surface area contributed by atoms with E-state index in [0.29, 0.717) is 19.6 Å². The van der Waals surface area contributed by atoms with Crippen LogP contribution in [0.3, 0.4) is 0 Å². The molecule has 17 heavy (non-hydrogen) atoms. The normalized spacial score (nSPS) is 27.8. The molecule has 2 unspecified atom stereocenters. The summed E-state index contributed by atoms with van der Waals surface area (Å²) >= 11 is 0. The molecule has 1 heterocycles. The quantitative estimate of drug-likeness (QED) is 0.737. The van der Waals surface area contributed by atoms with Gasteiger partial charge in [0.05, 0.1) is 25.2 Å². The highest BCUT2D eigenvalue weighted by molar-refractivity contribution is 5.69. The zero-order valence-electron chi connectivity index (χ0n) is 10.9. The SMILES string of the molecule is CCOC(=O)CC1CC(CCN)OC(C)(C)O1. The summed E-state index contributed by atoms with van der Waals surface area (Å²) in [6.45, 7) is 6.48. The molecular weight excluding hydrogens is 222 g/mol. The second-order valence-electron chi connectivity index (χ2n) is 4.70. The van der Waals surface area contributed by atoms with Crippen molar-refractivity contribution < 1.29 is 19.0 Å². The maximum absolute atomic E-state index is 11.4. The summed E-state index contributed by atoms with van der Waals surface area (Å²) in [5, 5.41) is 0. The second kappa shape index (κ2) is 6.33. The van der Waals surface area contributed by atoms with Crippen LogP contribution in [-0.2, 0) is 19.0 Å². The van der Waals surface area contributed by atoms with Gasteiger partial charge < -0.3 is 19.9 Å². The zero-order valence-corrected chi connectivity index (χ0v) is 10.9. The second-order valence-corrected chi connectivity index (χ2v) is 4.70. The summed E-state index contributed by atoms with van der Waals surface area (Å²) in [6, 6.07) is 0. The fraction of sp³-hybridized carbons (Fsp3) is 0.917. The first kappa shape index (κ1) is 14.4. The molecule has 5 heteroatoms. The van der Waals surface area contributed by atoms with Crippen LogP contribution in [0.25, 0.3) is 0 Å². The summed E-state index contributed by atoms with van der Waals surface area (Å²) in [5.41, 5.74) is 5.53. The predicted molar refractivity (Wildman–Crippen MR) is 63.4 cm³/mol. The molecule has 0 aromatic heterocycles. The summed E-state index contributed by atoms with van der Waals surface area (Å²) in [4.78, 5) is 11.4. The number of nitrogens with two attached hydrogens (primary N) is 1. The van der Waals surface area contributed by atoms with Gasteiger partial charge in [-0.2, -0.15) is 0 Å². The van der Waals surface area contributed by atoms with E-state index in [0.717, 1.165) is 6.42 Å². The minimum Gasteiger partial charge on any atom is -0.466 e. The maximum Gasteiger partial charge on any atom is 0.308 e. The Morgan fingerprint density at radius 1 is 1.41 bits per heavy atom. The highest BCUT2D eigenvalue weighted by Gasteiger charge is 2.36. The first-order chi connectivity index (χ1) is 7.96. The van der Waals surface area contributed by atoms with E-state index < -0.39 is 5.79 Å². The third-order valence-corrected chi connectivity index (χ3v) is 2.62. The van der Waals surface area contributed by atoms with Crippen molar-refractivity contribution in [1.82, 2.24) is 0 Å². The molecule has 2 atom stereocenters. The van der Waals surface area contributed by atoms with Crippen LogP contribution in [0.1, 0.15) is 40.0 Å². The zero-order chi connectivity index (χ0) is 12.9. The van der Waals surface area contributed by atoms with Gasteiger partial charge in [0.2, 0.25) is 0 Å². The number of carbonyl (C=O) groups excluding carboxylic acids is 1. The first-order valence-electron chi connectivity index (χ1n) is 6.18. The molecule has 2 N–H and O–H groups in total. The van der Waals surface area contributed by atoms with Gasteiger partial charge in [-0.1, -0.05) is 0 Å². The molecule has 0 aromatic rings. The van der Waals surface area contributed by atoms with Crippen LogP contribution in [0, 0.1) is 0 Å². The summed E-state index contributed by atoms with van der Waals surface area (Å²) in [5.74, 6) is -0.878. The highest BCUT2D eigenvalue weighted by Crippen LogP contribution is 2.29. The largest absolute Gasteiger partial charge is 0.466 e. The number of esters is 1. The van der Waals surface area contributed by atoms with Gasteiger partial charge >= 0.3 is 5.97 Å². The molecule has 0 amide bonds. The van der Waals surface area contributed by atoms with Gasteiger partial charge in [-0.25, -0.2) is 0 Å². The van der Waals surface area contributed by atoms with Crippen molar-refractivity contribution in [2.75, 3.05) is 13.2 Å². The molecule has 1 aliphatic rings. The van der Waals surface area contributed by atoms with E-state index in [1.165, 1.54) is 0 Å². The number of hydrogen-bond donors (Lipinski definition) is 1. The molecular formula is C12H23NO4. The van der Waals surface area contributed by atoms with Crippen molar-refractivity contribution in [3.8, 4) is 0 Å². The van der Waals surface area contributed by atoms with Crippen molar-refractivity contribution in [1.29, 1.82) is 0 Å². The van der Waals surface area contributed by atoms with Crippen molar-refractivity contribution in [2.45, 2.75) is 58.0 Å². The average Bonchev–Trinajstić information content (AvgIpc) is 2.15. The lowest BCUT2D eigenvalue weighted by Gasteiger charge is -2.40. The van der Waals surface area contributed by atoms with E-state index in [1.54, 1.807) is 6.92 Å². The fourth-order valence-electron chi connectivity index (χ4n) is 2.11. The van der Waals surface area contributed by atoms with Crippen molar-refractivity contribution in [3.63, 3.8) is 0 Å². The summed E-state index contributed by atoms with van der Waals surface area (Å²) < 4.78 is 16.4. The van der Waals surface area contributed by atoms with E-state index in [9.17, 15) is 4.79 Å². The molecule has 0 aromatic carbocycles. The molecule has 0 bridgehead atoms. The molecule has 1 rings (SSSR count). The first-order valence-corrected chi connectivity index (χ1v) is 6.18. The van der Waals surface area contributed by atoms with Crippen LogP contribution in [0.2, 0.25) is 0 Å². The predicted octanol–water partition coefficient (Wildman–Crippen LogP) is 1.20. The van der Waals surface area contributed by atoms with Crippen LogP contribution in [0.4, 0.5) is 0 Å². The topological polar surface area (TPSA) is 70.8 Å². The van der Waals surface area contributed by atoms with Gasteiger partial charge in [0, 0.05) is 6.42 Å². The Labute approximate surface area is 103 Å². The Balaban J connectivity index is 2.51. The molecule has 1 aliphatic heterocycles. The monoisotopic (exact) mass is 245 g/mol. The molecule has 0 aliphatic carbocycles. The van der Waals surface area contributed by atoms with Gasteiger partial charge in [0.25, 0.3) is 0 Å². The smallest absolute Gasteiger partial charge is 0.308 e. The summed E-state index contributed by atoms with van der Waals surface area (Å²) in [6.07, 6.45) is 1.67. The number of rotatable bonds is 5. The third-order valence-electron chi connectivity index (χ3n) is 2.62. The Morgan fingerprint density at radius 2 is 2.06 bits per heavy atom. The van der Waals surface area contributed by atoms with Crippen molar-refractivity contribution >= 4 is 5.97 Å². The average molecular weight is 245 g/mol. The molecule has 0 radical (unpaired) electrons. The highest BCUT2D eigenvalue weighted by atomic mass is 16.7. The van der Waals surface area contributed by atoms with Crippen LogP contribution < -0.4 is 5.73 Å². The van der Waals surface area contributed by atoms with Crippen molar-refractivity contribution in [3.05, 3.63) is 0 Å². The van der Waals surface area contributed by atoms with Crippen LogP contribution in [-0.4, -0.2) is 37.1 Å². The van der Waals surface area contributed by atoms with Gasteiger partial charge in [0.1, 0.15) is 0 Å². The Morgan fingerprint density at radius 3 is 2.65 bits per heavy atom. The van der Waals surface area contributed by atoms with Crippen LogP contribution in [0.15, 0.2) is 0 Å². The molecule has 0 spiro atoms. The molecule has 1 fully saturated rings. The minimum atomic E-state index is -0.657. The molecule has 0 saturated carbocycles. The maximum atomic E-state index is 11.4. The number of hydrogen-bond acceptors (Lipinski definition) is 5. The van der Waals surface area contributed by atoms with Gasteiger partial charge in [0.15, 0.2) is 5.79 Å².